The van der Waals surface area contributed by atoms with E-state index in [1.807, 2.05) is 20.8 Å². The van der Waals surface area contributed by atoms with Crippen LogP contribution in [-0.4, -0.2) is 43.4 Å². The van der Waals surface area contributed by atoms with E-state index in [0.29, 0.717) is 13.0 Å². The number of rotatable bonds is 7. The highest BCUT2D eigenvalue weighted by molar-refractivity contribution is 5.77. The second-order valence-corrected chi connectivity index (χ2v) is 5.41. The minimum atomic E-state index is -0.255. The van der Waals surface area contributed by atoms with Gasteiger partial charge in [0, 0.05) is 26.2 Å². The minimum Gasteiger partial charge on any atom is -0.394 e. The van der Waals surface area contributed by atoms with E-state index in [1.54, 1.807) is 7.11 Å². The van der Waals surface area contributed by atoms with Crippen molar-refractivity contribution in [1.29, 1.82) is 0 Å². The van der Waals surface area contributed by atoms with Gasteiger partial charge in [-0.15, -0.1) is 0 Å². The van der Waals surface area contributed by atoms with Crippen LogP contribution in [0, 0.1) is 5.41 Å². The molecular weight excluding hydrogens is 220 g/mol. The molecule has 0 aromatic heterocycles. The van der Waals surface area contributed by atoms with Gasteiger partial charge in [0.2, 0.25) is 5.91 Å². The van der Waals surface area contributed by atoms with E-state index in [0.717, 1.165) is 0 Å². The molecule has 0 rings (SSSR count). The summed E-state index contributed by atoms with van der Waals surface area (Å²) in [6.45, 7) is 6.43. The van der Waals surface area contributed by atoms with Crippen molar-refractivity contribution >= 4 is 5.91 Å². The van der Waals surface area contributed by atoms with Crippen LogP contribution in [0.4, 0.5) is 0 Å². The highest BCUT2D eigenvalue weighted by Crippen LogP contribution is 2.19. The topological polar surface area (TPSA) is 84.6 Å². The number of nitrogens with one attached hydrogen (secondary N) is 1. The zero-order chi connectivity index (χ0) is 13.5. The van der Waals surface area contributed by atoms with Crippen molar-refractivity contribution in [3.8, 4) is 0 Å². The molecule has 17 heavy (non-hydrogen) atoms. The Morgan fingerprint density at radius 1 is 1.47 bits per heavy atom. The zero-order valence-electron chi connectivity index (χ0n) is 11.3. The molecule has 2 atom stereocenters. The van der Waals surface area contributed by atoms with Crippen LogP contribution in [0.15, 0.2) is 0 Å². The first-order chi connectivity index (χ1) is 7.81. The highest BCUT2D eigenvalue weighted by Gasteiger charge is 2.23. The minimum absolute atomic E-state index is 0.0835. The normalized spacial score (nSPS) is 15.4. The molecule has 0 aromatic rings. The lowest BCUT2D eigenvalue weighted by Gasteiger charge is -2.27. The largest absolute Gasteiger partial charge is 0.394 e. The van der Waals surface area contributed by atoms with E-state index in [4.69, 9.17) is 15.6 Å². The molecule has 0 heterocycles. The van der Waals surface area contributed by atoms with Crippen LogP contribution in [0.2, 0.25) is 0 Å². The van der Waals surface area contributed by atoms with Crippen LogP contribution in [0.1, 0.15) is 33.6 Å². The molecule has 0 aromatic carbocycles. The summed E-state index contributed by atoms with van der Waals surface area (Å²) in [4.78, 5) is 11.7. The maximum atomic E-state index is 11.7. The van der Waals surface area contributed by atoms with Crippen LogP contribution >= 0.6 is 0 Å². The number of ether oxygens (including phenoxy) is 1. The van der Waals surface area contributed by atoms with E-state index < -0.39 is 0 Å². The molecule has 0 fully saturated rings. The van der Waals surface area contributed by atoms with Crippen molar-refractivity contribution in [1.82, 2.24) is 5.32 Å². The van der Waals surface area contributed by atoms with Crippen LogP contribution in [0.3, 0.4) is 0 Å². The first-order valence-electron chi connectivity index (χ1n) is 5.96. The van der Waals surface area contributed by atoms with E-state index in [-0.39, 0.29) is 36.4 Å². The number of nitrogens with two attached hydrogens (primary N) is 1. The van der Waals surface area contributed by atoms with Gasteiger partial charge in [-0.05, 0) is 11.8 Å². The smallest absolute Gasteiger partial charge is 0.221 e. The second-order valence-electron chi connectivity index (χ2n) is 5.41. The second kappa shape index (κ2) is 7.63. The Bertz CT molecular complexity index is 226. The molecule has 0 aliphatic heterocycles. The molecule has 0 aliphatic carbocycles. The van der Waals surface area contributed by atoms with E-state index in [9.17, 15) is 4.79 Å². The number of carbonyl (C=O) groups is 1. The molecule has 2 unspecified atom stereocenters. The third-order valence-electron chi connectivity index (χ3n) is 2.77. The van der Waals surface area contributed by atoms with Gasteiger partial charge in [-0.25, -0.2) is 0 Å². The van der Waals surface area contributed by atoms with E-state index in [1.165, 1.54) is 0 Å². The van der Waals surface area contributed by atoms with Crippen LogP contribution in [0.25, 0.3) is 0 Å². The summed E-state index contributed by atoms with van der Waals surface area (Å²) < 4.78 is 4.90. The lowest BCUT2D eigenvalue weighted by Crippen LogP contribution is -2.44. The van der Waals surface area contributed by atoms with Gasteiger partial charge < -0.3 is 20.9 Å². The summed E-state index contributed by atoms with van der Waals surface area (Å²) in [6, 6.07) is -0.445. The van der Waals surface area contributed by atoms with Crippen molar-refractivity contribution in [3.63, 3.8) is 0 Å². The lowest BCUT2D eigenvalue weighted by atomic mass is 9.85. The predicted molar refractivity (Wildman–Crippen MR) is 67.6 cm³/mol. The molecule has 0 radical (unpaired) electrons. The van der Waals surface area contributed by atoms with Crippen molar-refractivity contribution in [2.24, 2.45) is 11.1 Å². The molecule has 5 heteroatoms. The fourth-order valence-corrected chi connectivity index (χ4v) is 1.26. The van der Waals surface area contributed by atoms with Crippen LogP contribution < -0.4 is 11.1 Å². The fourth-order valence-electron chi connectivity index (χ4n) is 1.26. The van der Waals surface area contributed by atoms with Crippen molar-refractivity contribution < 1.29 is 14.6 Å². The average molecular weight is 246 g/mol. The van der Waals surface area contributed by atoms with Gasteiger partial charge in [-0.2, -0.15) is 0 Å². The number of hydrogen-bond acceptors (Lipinski definition) is 4. The molecule has 0 spiro atoms. The molecule has 0 saturated heterocycles. The SMILES string of the molecule is COCCC(CO)NC(=O)CC(N)C(C)(C)C. The Kier molecular flexibility index (Phi) is 7.34. The van der Waals surface area contributed by atoms with Crippen LogP contribution in [-0.2, 0) is 9.53 Å². The zero-order valence-corrected chi connectivity index (χ0v) is 11.3. The maximum Gasteiger partial charge on any atom is 0.221 e. The molecule has 0 aliphatic rings. The summed E-state index contributed by atoms with van der Waals surface area (Å²) in [6.07, 6.45) is 0.872. The summed E-state index contributed by atoms with van der Waals surface area (Å²) in [5.41, 5.74) is 5.82. The Labute approximate surface area is 104 Å². The first kappa shape index (κ1) is 16.4. The number of aliphatic hydroxyl groups excluding tert-OH is 1. The summed E-state index contributed by atoms with van der Waals surface area (Å²) in [5.74, 6) is -0.123. The molecule has 0 bridgehead atoms. The fraction of sp³-hybridized carbons (Fsp3) is 0.917. The number of methoxy groups -OCH3 is 1. The van der Waals surface area contributed by atoms with Gasteiger partial charge in [-0.3, -0.25) is 4.79 Å². The predicted octanol–water partition coefficient (Wildman–Crippen LogP) is 0.264. The standard InChI is InChI=1S/C12H26N2O3/c1-12(2,3)10(13)7-11(16)14-9(8-15)5-6-17-4/h9-10,15H,5-8,13H2,1-4H3,(H,14,16). The van der Waals surface area contributed by atoms with Gasteiger partial charge >= 0.3 is 0 Å². The van der Waals surface area contributed by atoms with Crippen molar-refractivity contribution in [2.45, 2.75) is 45.7 Å². The molecule has 5 nitrogen and oxygen atoms in total. The molecule has 4 N–H and O–H groups in total. The Morgan fingerprint density at radius 2 is 2.06 bits per heavy atom. The number of carbonyl (C=O) groups excluding carboxylic acids is 1. The average Bonchev–Trinajstić information content (AvgIpc) is 2.22. The summed E-state index contributed by atoms with van der Waals surface area (Å²) in [7, 11) is 1.59. The molecule has 102 valence electrons. The van der Waals surface area contributed by atoms with Gasteiger partial charge in [-0.1, -0.05) is 20.8 Å². The quantitative estimate of drug-likeness (QED) is 0.602. The summed E-state index contributed by atoms with van der Waals surface area (Å²) in [5, 5.41) is 11.8. The van der Waals surface area contributed by atoms with Gasteiger partial charge in [0.25, 0.3) is 0 Å². The maximum absolute atomic E-state index is 11.7. The number of amides is 1. The first-order valence-corrected chi connectivity index (χ1v) is 5.96. The molecule has 1 amide bonds. The number of hydrogen-bond donors (Lipinski definition) is 3. The van der Waals surface area contributed by atoms with Gasteiger partial charge in [0.15, 0.2) is 0 Å². The Balaban J connectivity index is 4.06. The third kappa shape index (κ3) is 7.31. The Morgan fingerprint density at radius 3 is 2.47 bits per heavy atom. The third-order valence-corrected chi connectivity index (χ3v) is 2.77. The summed E-state index contributed by atoms with van der Waals surface area (Å²) >= 11 is 0. The van der Waals surface area contributed by atoms with Gasteiger partial charge in [0.05, 0.1) is 12.6 Å². The molecular formula is C12H26N2O3. The molecule has 0 saturated carbocycles. The monoisotopic (exact) mass is 246 g/mol. The van der Waals surface area contributed by atoms with Gasteiger partial charge in [0.1, 0.15) is 0 Å². The number of aliphatic hydroxyl groups is 1. The lowest BCUT2D eigenvalue weighted by molar-refractivity contribution is -0.123. The van der Waals surface area contributed by atoms with Crippen molar-refractivity contribution in [2.75, 3.05) is 20.3 Å². The highest BCUT2D eigenvalue weighted by atomic mass is 16.5. The van der Waals surface area contributed by atoms with E-state index >= 15 is 0 Å². The van der Waals surface area contributed by atoms with Crippen LogP contribution in [0.5, 0.6) is 0 Å². The van der Waals surface area contributed by atoms with E-state index in [2.05, 4.69) is 5.32 Å². The van der Waals surface area contributed by atoms with Crippen molar-refractivity contribution in [3.05, 3.63) is 0 Å². The Hall–Kier alpha value is -0.650.